The molecule has 0 spiro atoms. The van der Waals surface area contributed by atoms with E-state index in [1.165, 1.54) is 10.9 Å². The zero-order valence-corrected chi connectivity index (χ0v) is 13.9. The van der Waals surface area contributed by atoms with Crippen molar-refractivity contribution in [1.29, 1.82) is 0 Å². The predicted molar refractivity (Wildman–Crippen MR) is 87.9 cm³/mol. The largest absolute Gasteiger partial charge is 0.459 e. The van der Waals surface area contributed by atoms with Crippen molar-refractivity contribution in [2.75, 3.05) is 38.0 Å². The van der Waals surface area contributed by atoms with Crippen LogP contribution in [0.2, 0.25) is 0 Å². The molecule has 24 heavy (non-hydrogen) atoms. The van der Waals surface area contributed by atoms with Crippen LogP contribution in [0.3, 0.4) is 0 Å². The SMILES string of the molecule is CCN1CCN(C(=O)c2cc(NC(=O)c3ccco3)n(C)n2)CC1. The number of anilines is 1. The normalized spacial score (nSPS) is 15.5. The number of piperazine rings is 1. The van der Waals surface area contributed by atoms with Gasteiger partial charge < -0.3 is 19.5 Å². The van der Waals surface area contributed by atoms with Gasteiger partial charge in [0.1, 0.15) is 5.82 Å². The molecular weight excluding hydrogens is 310 g/mol. The van der Waals surface area contributed by atoms with Crippen LogP contribution in [0, 0.1) is 0 Å². The van der Waals surface area contributed by atoms with E-state index in [1.807, 2.05) is 0 Å². The van der Waals surface area contributed by atoms with Gasteiger partial charge >= 0.3 is 0 Å². The van der Waals surface area contributed by atoms with Crippen LogP contribution >= 0.6 is 0 Å². The molecule has 2 amide bonds. The molecule has 0 atom stereocenters. The number of likely N-dealkylation sites (N-methyl/N-ethyl adjacent to an activating group) is 1. The number of hydrogen-bond donors (Lipinski definition) is 1. The number of carbonyl (C=O) groups excluding carboxylic acids is 2. The maximum atomic E-state index is 12.6. The second-order valence-electron chi connectivity index (χ2n) is 5.70. The lowest BCUT2D eigenvalue weighted by molar-refractivity contribution is 0.0636. The molecule has 8 nitrogen and oxygen atoms in total. The van der Waals surface area contributed by atoms with Crippen LogP contribution < -0.4 is 5.32 Å². The Morgan fingerprint density at radius 3 is 2.67 bits per heavy atom. The zero-order valence-electron chi connectivity index (χ0n) is 13.9. The summed E-state index contributed by atoms with van der Waals surface area (Å²) >= 11 is 0. The van der Waals surface area contributed by atoms with E-state index < -0.39 is 0 Å². The van der Waals surface area contributed by atoms with Crippen LogP contribution in [0.5, 0.6) is 0 Å². The van der Waals surface area contributed by atoms with Gasteiger partial charge in [0.25, 0.3) is 11.8 Å². The molecule has 0 saturated carbocycles. The fraction of sp³-hybridized carbons (Fsp3) is 0.438. The minimum absolute atomic E-state index is 0.111. The topological polar surface area (TPSA) is 83.6 Å². The maximum absolute atomic E-state index is 12.6. The minimum Gasteiger partial charge on any atom is -0.459 e. The summed E-state index contributed by atoms with van der Waals surface area (Å²) < 4.78 is 6.54. The number of amides is 2. The highest BCUT2D eigenvalue weighted by Crippen LogP contribution is 2.14. The van der Waals surface area contributed by atoms with Gasteiger partial charge in [-0.05, 0) is 18.7 Å². The summed E-state index contributed by atoms with van der Waals surface area (Å²) in [4.78, 5) is 28.7. The molecular formula is C16H21N5O3. The Balaban J connectivity index is 1.67. The third kappa shape index (κ3) is 3.33. The number of carbonyl (C=O) groups is 2. The van der Waals surface area contributed by atoms with Gasteiger partial charge in [-0.15, -0.1) is 0 Å². The monoisotopic (exact) mass is 331 g/mol. The first kappa shape index (κ1) is 16.3. The van der Waals surface area contributed by atoms with Gasteiger partial charge in [0.2, 0.25) is 0 Å². The summed E-state index contributed by atoms with van der Waals surface area (Å²) in [5, 5.41) is 6.92. The molecule has 1 saturated heterocycles. The van der Waals surface area contributed by atoms with Crippen molar-refractivity contribution in [3.05, 3.63) is 35.9 Å². The Morgan fingerprint density at radius 2 is 2.04 bits per heavy atom. The first-order valence-electron chi connectivity index (χ1n) is 7.99. The molecule has 0 radical (unpaired) electrons. The molecule has 2 aromatic heterocycles. The highest BCUT2D eigenvalue weighted by atomic mass is 16.3. The van der Waals surface area contributed by atoms with Gasteiger partial charge in [0.05, 0.1) is 6.26 Å². The van der Waals surface area contributed by atoms with Crippen molar-refractivity contribution in [3.63, 3.8) is 0 Å². The fourth-order valence-electron chi connectivity index (χ4n) is 2.70. The van der Waals surface area contributed by atoms with Crippen LogP contribution in [0.1, 0.15) is 28.0 Å². The molecule has 0 bridgehead atoms. The molecule has 0 unspecified atom stereocenters. The Kier molecular flexibility index (Phi) is 4.66. The van der Waals surface area contributed by atoms with E-state index in [0.717, 1.165) is 19.6 Å². The van der Waals surface area contributed by atoms with Crippen LogP contribution in [-0.4, -0.2) is 64.1 Å². The third-order valence-electron chi connectivity index (χ3n) is 4.19. The van der Waals surface area contributed by atoms with Crippen LogP contribution in [-0.2, 0) is 7.05 Å². The summed E-state index contributed by atoms with van der Waals surface area (Å²) in [5.41, 5.74) is 0.331. The number of nitrogens with zero attached hydrogens (tertiary/aromatic N) is 4. The molecule has 1 aliphatic rings. The number of rotatable bonds is 4. The van der Waals surface area contributed by atoms with E-state index in [2.05, 4.69) is 22.2 Å². The summed E-state index contributed by atoms with van der Waals surface area (Å²) in [6.07, 6.45) is 1.43. The number of aryl methyl sites for hydroxylation is 1. The lowest BCUT2D eigenvalue weighted by Crippen LogP contribution is -2.48. The van der Waals surface area contributed by atoms with E-state index in [9.17, 15) is 9.59 Å². The molecule has 128 valence electrons. The first-order valence-corrected chi connectivity index (χ1v) is 7.99. The summed E-state index contributed by atoms with van der Waals surface area (Å²) in [6, 6.07) is 4.81. The molecule has 2 aromatic rings. The Hall–Kier alpha value is -2.61. The van der Waals surface area contributed by atoms with Crippen LogP contribution in [0.15, 0.2) is 28.9 Å². The molecule has 1 fully saturated rings. The summed E-state index contributed by atoms with van der Waals surface area (Å²) in [5.74, 6) is 0.171. The Labute approximate surface area is 140 Å². The van der Waals surface area contributed by atoms with E-state index in [4.69, 9.17) is 4.42 Å². The minimum atomic E-state index is -0.376. The number of hydrogen-bond acceptors (Lipinski definition) is 5. The average molecular weight is 331 g/mol. The summed E-state index contributed by atoms with van der Waals surface area (Å²) in [7, 11) is 1.68. The van der Waals surface area contributed by atoms with Crippen LogP contribution in [0.25, 0.3) is 0 Å². The van der Waals surface area contributed by atoms with Gasteiger partial charge in [0, 0.05) is 39.3 Å². The van der Waals surface area contributed by atoms with Gasteiger partial charge in [0.15, 0.2) is 11.5 Å². The van der Waals surface area contributed by atoms with E-state index in [0.29, 0.717) is 24.6 Å². The second-order valence-corrected chi connectivity index (χ2v) is 5.70. The standard InChI is InChI=1S/C16H21N5O3/c1-3-20-6-8-21(9-7-20)16(23)12-11-14(19(2)18-12)17-15(22)13-5-4-10-24-13/h4-5,10-11H,3,6-9H2,1-2H3,(H,17,22). The molecule has 3 rings (SSSR count). The highest BCUT2D eigenvalue weighted by Gasteiger charge is 2.24. The van der Waals surface area contributed by atoms with Gasteiger partial charge in [-0.3, -0.25) is 14.3 Å². The highest BCUT2D eigenvalue weighted by molar-refractivity contribution is 6.02. The fourth-order valence-corrected chi connectivity index (χ4v) is 2.70. The predicted octanol–water partition coefficient (Wildman–Crippen LogP) is 1.04. The summed E-state index contributed by atoms with van der Waals surface area (Å²) in [6.45, 7) is 6.24. The Bertz CT molecular complexity index is 714. The van der Waals surface area contributed by atoms with E-state index in [-0.39, 0.29) is 17.6 Å². The van der Waals surface area contributed by atoms with Crippen molar-refractivity contribution >= 4 is 17.6 Å². The van der Waals surface area contributed by atoms with Crippen molar-refractivity contribution < 1.29 is 14.0 Å². The lowest BCUT2D eigenvalue weighted by Gasteiger charge is -2.33. The second kappa shape index (κ2) is 6.88. The van der Waals surface area contributed by atoms with Crippen molar-refractivity contribution in [2.45, 2.75) is 6.92 Å². The quantitative estimate of drug-likeness (QED) is 0.905. The molecule has 8 heteroatoms. The molecule has 1 aliphatic heterocycles. The van der Waals surface area contributed by atoms with E-state index >= 15 is 0 Å². The maximum Gasteiger partial charge on any atom is 0.292 e. The van der Waals surface area contributed by atoms with Gasteiger partial charge in [-0.1, -0.05) is 6.92 Å². The van der Waals surface area contributed by atoms with Crippen molar-refractivity contribution in [2.24, 2.45) is 7.05 Å². The zero-order chi connectivity index (χ0) is 17.1. The van der Waals surface area contributed by atoms with Gasteiger partial charge in [-0.2, -0.15) is 5.10 Å². The third-order valence-corrected chi connectivity index (χ3v) is 4.19. The first-order chi connectivity index (χ1) is 11.6. The molecule has 0 aliphatic carbocycles. The van der Waals surface area contributed by atoms with Gasteiger partial charge in [-0.25, -0.2) is 0 Å². The number of nitrogens with one attached hydrogen (secondary N) is 1. The lowest BCUT2D eigenvalue weighted by atomic mass is 10.2. The molecule has 1 N–H and O–H groups in total. The average Bonchev–Trinajstić information content (AvgIpc) is 3.25. The van der Waals surface area contributed by atoms with Crippen molar-refractivity contribution in [1.82, 2.24) is 19.6 Å². The van der Waals surface area contributed by atoms with Crippen LogP contribution in [0.4, 0.5) is 5.82 Å². The number of furan rings is 1. The molecule has 3 heterocycles. The smallest absolute Gasteiger partial charge is 0.292 e. The van der Waals surface area contributed by atoms with Crippen molar-refractivity contribution in [3.8, 4) is 0 Å². The molecule has 0 aromatic carbocycles. The number of aromatic nitrogens is 2. The van der Waals surface area contributed by atoms with E-state index in [1.54, 1.807) is 30.1 Å². The Morgan fingerprint density at radius 1 is 1.29 bits per heavy atom.